The molecule has 0 radical (unpaired) electrons. The van der Waals surface area contributed by atoms with Crippen LogP contribution in [0.2, 0.25) is 0 Å². The van der Waals surface area contributed by atoms with E-state index >= 15 is 0 Å². The topological polar surface area (TPSA) is 91.8 Å². The molecule has 2 aromatic rings. The molecule has 0 aliphatic rings. The third-order valence-corrected chi connectivity index (χ3v) is 3.42. The van der Waals surface area contributed by atoms with Gasteiger partial charge in [-0.3, -0.25) is 4.79 Å². The molecule has 24 heavy (non-hydrogen) atoms. The summed E-state index contributed by atoms with van der Waals surface area (Å²) >= 11 is 0. The van der Waals surface area contributed by atoms with Crippen LogP contribution in [-0.4, -0.2) is 21.6 Å². The minimum absolute atomic E-state index is 0.232. The number of carbonyl (C=O) groups is 1. The molecule has 1 aromatic carbocycles. The number of rotatable bonds is 4. The number of alkyl halides is 3. The molecule has 1 amide bonds. The van der Waals surface area contributed by atoms with Crippen LogP contribution in [-0.2, 0) is 6.18 Å². The highest BCUT2D eigenvalue weighted by Crippen LogP contribution is 2.29. The van der Waals surface area contributed by atoms with Gasteiger partial charge >= 0.3 is 12.1 Å². The third-order valence-electron chi connectivity index (χ3n) is 3.42. The van der Waals surface area contributed by atoms with Crippen molar-refractivity contribution in [2.24, 2.45) is 0 Å². The summed E-state index contributed by atoms with van der Waals surface area (Å²) in [6.07, 6.45) is -4.29. The van der Waals surface area contributed by atoms with Crippen molar-refractivity contribution in [2.45, 2.75) is 32.0 Å². The van der Waals surface area contributed by atoms with Crippen LogP contribution < -0.4 is 5.32 Å². The SMILES string of the molecule is CC[C@@](C)(C#N)NC(=O)c1ccc(-c2noc(C(F)(F)F)n2)cc1. The third kappa shape index (κ3) is 3.71. The molecule has 1 aromatic heterocycles. The Morgan fingerprint density at radius 2 is 1.96 bits per heavy atom. The molecule has 0 bridgehead atoms. The lowest BCUT2D eigenvalue weighted by molar-refractivity contribution is -0.159. The average Bonchev–Trinajstić information content (AvgIpc) is 3.05. The Morgan fingerprint density at radius 3 is 2.42 bits per heavy atom. The van der Waals surface area contributed by atoms with E-state index in [2.05, 4.69) is 20.0 Å². The van der Waals surface area contributed by atoms with Gasteiger partial charge in [-0.05, 0) is 25.5 Å². The highest BCUT2D eigenvalue weighted by molar-refractivity contribution is 5.95. The monoisotopic (exact) mass is 338 g/mol. The van der Waals surface area contributed by atoms with Crippen LogP contribution in [0.5, 0.6) is 0 Å². The van der Waals surface area contributed by atoms with Gasteiger partial charge in [0.1, 0.15) is 5.54 Å². The number of hydrogen-bond donors (Lipinski definition) is 1. The maximum absolute atomic E-state index is 12.4. The molecule has 2 rings (SSSR count). The molecule has 1 atom stereocenters. The molecule has 0 unspecified atom stereocenters. The first-order valence-electron chi connectivity index (χ1n) is 6.93. The van der Waals surface area contributed by atoms with E-state index in [9.17, 15) is 18.0 Å². The molecule has 0 fully saturated rings. The highest BCUT2D eigenvalue weighted by atomic mass is 19.4. The minimum Gasteiger partial charge on any atom is -0.334 e. The molecule has 0 saturated heterocycles. The van der Waals surface area contributed by atoms with Gasteiger partial charge < -0.3 is 9.84 Å². The van der Waals surface area contributed by atoms with Gasteiger partial charge in [-0.25, -0.2) is 0 Å². The molecule has 1 N–H and O–H groups in total. The van der Waals surface area contributed by atoms with Crippen LogP contribution in [0.25, 0.3) is 11.4 Å². The number of hydrogen-bond acceptors (Lipinski definition) is 5. The summed E-state index contributed by atoms with van der Waals surface area (Å²) in [6.45, 7) is 3.36. The lowest BCUT2D eigenvalue weighted by Gasteiger charge is -2.21. The standard InChI is InChI=1S/C15H13F3N4O2/c1-3-14(2,8-19)21-12(23)10-6-4-9(5-7-10)11-20-13(24-22-11)15(16,17)18/h4-7H,3H2,1-2H3,(H,21,23)/t14-/m0/s1. The van der Waals surface area contributed by atoms with E-state index in [1.165, 1.54) is 24.3 Å². The van der Waals surface area contributed by atoms with E-state index in [0.29, 0.717) is 6.42 Å². The summed E-state index contributed by atoms with van der Waals surface area (Å²) in [4.78, 5) is 15.4. The summed E-state index contributed by atoms with van der Waals surface area (Å²) in [5.74, 6) is -2.13. The Labute approximate surface area is 135 Å². The lowest BCUT2D eigenvalue weighted by atomic mass is 10.0. The smallest absolute Gasteiger partial charge is 0.334 e. The maximum atomic E-state index is 12.4. The number of benzene rings is 1. The van der Waals surface area contributed by atoms with E-state index < -0.39 is 23.5 Å². The zero-order valence-electron chi connectivity index (χ0n) is 12.8. The largest absolute Gasteiger partial charge is 0.471 e. The van der Waals surface area contributed by atoms with Crippen molar-refractivity contribution >= 4 is 5.91 Å². The van der Waals surface area contributed by atoms with Crippen molar-refractivity contribution in [1.29, 1.82) is 5.26 Å². The lowest BCUT2D eigenvalue weighted by Crippen LogP contribution is -2.44. The molecule has 0 aliphatic heterocycles. The number of nitrogens with one attached hydrogen (secondary N) is 1. The second-order valence-corrected chi connectivity index (χ2v) is 5.25. The van der Waals surface area contributed by atoms with Gasteiger partial charge in [-0.15, -0.1) is 0 Å². The Hall–Kier alpha value is -2.89. The normalized spacial score (nSPS) is 13.8. The van der Waals surface area contributed by atoms with Crippen molar-refractivity contribution in [3.63, 3.8) is 0 Å². The number of nitriles is 1. The highest BCUT2D eigenvalue weighted by Gasteiger charge is 2.38. The summed E-state index contributed by atoms with van der Waals surface area (Å²) in [5.41, 5.74) is -0.469. The number of aromatic nitrogens is 2. The predicted molar refractivity (Wildman–Crippen MR) is 76.5 cm³/mol. The van der Waals surface area contributed by atoms with E-state index in [4.69, 9.17) is 5.26 Å². The van der Waals surface area contributed by atoms with Crippen molar-refractivity contribution < 1.29 is 22.5 Å². The van der Waals surface area contributed by atoms with Crippen molar-refractivity contribution in [2.75, 3.05) is 0 Å². The van der Waals surface area contributed by atoms with E-state index in [-0.39, 0.29) is 17.0 Å². The fourth-order valence-corrected chi connectivity index (χ4v) is 1.74. The molecule has 6 nitrogen and oxygen atoms in total. The first-order chi connectivity index (χ1) is 11.2. The van der Waals surface area contributed by atoms with Crippen LogP contribution in [0.3, 0.4) is 0 Å². The van der Waals surface area contributed by atoms with Gasteiger partial charge in [-0.1, -0.05) is 24.2 Å². The second-order valence-electron chi connectivity index (χ2n) is 5.25. The van der Waals surface area contributed by atoms with Crippen LogP contribution in [0, 0.1) is 11.3 Å². The van der Waals surface area contributed by atoms with Gasteiger partial charge in [0.25, 0.3) is 5.91 Å². The quantitative estimate of drug-likeness (QED) is 0.924. The van der Waals surface area contributed by atoms with Gasteiger partial charge in [0.2, 0.25) is 5.82 Å². The molecular weight excluding hydrogens is 325 g/mol. The van der Waals surface area contributed by atoms with Crippen LogP contribution >= 0.6 is 0 Å². The van der Waals surface area contributed by atoms with Crippen molar-refractivity contribution in [3.05, 3.63) is 35.7 Å². The Morgan fingerprint density at radius 1 is 1.33 bits per heavy atom. The molecule has 0 saturated carbocycles. The van der Waals surface area contributed by atoms with Crippen molar-refractivity contribution in [1.82, 2.24) is 15.5 Å². The number of halogens is 3. The molecule has 0 aliphatic carbocycles. The average molecular weight is 338 g/mol. The summed E-state index contributed by atoms with van der Waals surface area (Å²) in [5, 5.41) is 14.9. The Kier molecular flexibility index (Phi) is 4.59. The summed E-state index contributed by atoms with van der Waals surface area (Å²) in [6, 6.07) is 7.62. The summed E-state index contributed by atoms with van der Waals surface area (Å²) in [7, 11) is 0. The molecule has 1 heterocycles. The fourth-order valence-electron chi connectivity index (χ4n) is 1.74. The Bertz CT molecular complexity index is 777. The molecular formula is C15H13F3N4O2. The van der Waals surface area contributed by atoms with Gasteiger partial charge in [0.05, 0.1) is 6.07 Å². The van der Waals surface area contributed by atoms with E-state index in [0.717, 1.165) is 0 Å². The molecule has 9 heteroatoms. The zero-order valence-corrected chi connectivity index (χ0v) is 12.8. The fraction of sp³-hybridized carbons (Fsp3) is 0.333. The number of nitrogens with zero attached hydrogens (tertiary/aromatic N) is 3. The first kappa shape index (κ1) is 17.5. The van der Waals surface area contributed by atoms with Gasteiger partial charge in [-0.2, -0.15) is 23.4 Å². The summed E-state index contributed by atoms with van der Waals surface area (Å²) < 4.78 is 41.5. The van der Waals surface area contributed by atoms with Gasteiger partial charge in [0.15, 0.2) is 0 Å². The first-order valence-corrected chi connectivity index (χ1v) is 6.93. The molecule has 0 spiro atoms. The number of amides is 1. The maximum Gasteiger partial charge on any atom is 0.471 e. The predicted octanol–water partition coefficient (Wildman–Crippen LogP) is 3.18. The van der Waals surface area contributed by atoms with Gasteiger partial charge in [0, 0.05) is 11.1 Å². The van der Waals surface area contributed by atoms with Crippen LogP contribution in [0.4, 0.5) is 13.2 Å². The Balaban J connectivity index is 2.18. The zero-order chi connectivity index (χ0) is 18.0. The van der Waals surface area contributed by atoms with Crippen molar-refractivity contribution in [3.8, 4) is 17.5 Å². The molecule has 126 valence electrons. The van der Waals surface area contributed by atoms with E-state index in [1.807, 2.05) is 6.07 Å². The minimum atomic E-state index is -4.72. The van der Waals surface area contributed by atoms with E-state index in [1.54, 1.807) is 13.8 Å². The number of carbonyl (C=O) groups excluding carboxylic acids is 1. The van der Waals surface area contributed by atoms with Crippen LogP contribution in [0.1, 0.15) is 36.5 Å². The van der Waals surface area contributed by atoms with Crippen LogP contribution in [0.15, 0.2) is 28.8 Å². The second kappa shape index (κ2) is 6.31.